The number of aromatic nitrogens is 1. The Bertz CT molecular complexity index is 725. The van der Waals surface area contributed by atoms with Crippen LogP contribution in [0, 0.1) is 0 Å². The van der Waals surface area contributed by atoms with E-state index in [2.05, 4.69) is 26.8 Å². The molecule has 0 amide bonds. The maximum Gasteiger partial charge on any atom is 0.191 e. The fourth-order valence-corrected chi connectivity index (χ4v) is 3.55. The molecular formula is C19H26ClN5OS. The minimum absolute atomic E-state index is 0.312. The lowest BCUT2D eigenvalue weighted by Gasteiger charge is -2.20. The molecule has 2 aromatic rings. The number of thioether (sulfide) groups is 1. The van der Waals surface area contributed by atoms with Crippen LogP contribution in [0.4, 0.5) is 5.82 Å². The Balaban J connectivity index is 1.53. The zero-order valence-corrected chi connectivity index (χ0v) is 17.1. The van der Waals surface area contributed by atoms with Gasteiger partial charge in [0.2, 0.25) is 0 Å². The summed E-state index contributed by atoms with van der Waals surface area (Å²) in [6.07, 6.45) is 7.44. The van der Waals surface area contributed by atoms with Crippen molar-refractivity contribution in [3.05, 3.63) is 47.5 Å². The van der Waals surface area contributed by atoms with Crippen molar-refractivity contribution in [2.45, 2.75) is 18.9 Å². The number of hydrogen-bond donors (Lipinski definition) is 2. The van der Waals surface area contributed by atoms with Gasteiger partial charge in [0.25, 0.3) is 0 Å². The van der Waals surface area contributed by atoms with E-state index >= 15 is 0 Å². The third-order valence-corrected chi connectivity index (χ3v) is 5.26. The smallest absolute Gasteiger partial charge is 0.191 e. The lowest BCUT2D eigenvalue weighted by atomic mass is 10.3. The quantitative estimate of drug-likeness (QED) is 0.398. The summed E-state index contributed by atoms with van der Waals surface area (Å²) in [6.45, 7) is 3.36. The first kappa shape index (κ1) is 19.9. The van der Waals surface area contributed by atoms with E-state index in [0.29, 0.717) is 11.1 Å². The van der Waals surface area contributed by atoms with E-state index in [4.69, 9.17) is 21.0 Å². The Morgan fingerprint density at radius 1 is 1.44 bits per heavy atom. The molecule has 8 heteroatoms. The average Bonchev–Trinajstić information content (AvgIpc) is 3.34. The molecule has 0 aliphatic carbocycles. The van der Waals surface area contributed by atoms with Crippen LogP contribution in [0.3, 0.4) is 0 Å². The van der Waals surface area contributed by atoms with Gasteiger partial charge in [-0.2, -0.15) is 11.8 Å². The third kappa shape index (κ3) is 6.07. The molecular weight excluding hydrogens is 382 g/mol. The molecule has 6 nitrogen and oxygen atoms in total. The van der Waals surface area contributed by atoms with Gasteiger partial charge in [-0.25, -0.2) is 4.98 Å². The zero-order valence-electron chi connectivity index (χ0n) is 15.5. The van der Waals surface area contributed by atoms with Crippen molar-refractivity contribution in [2.24, 2.45) is 4.99 Å². The number of rotatable bonds is 8. The van der Waals surface area contributed by atoms with Gasteiger partial charge in [-0.3, -0.25) is 4.99 Å². The highest BCUT2D eigenvalue weighted by Crippen LogP contribution is 2.25. The number of nitrogens with one attached hydrogen (secondary N) is 2. The minimum atomic E-state index is 0.312. The van der Waals surface area contributed by atoms with E-state index in [1.54, 1.807) is 24.2 Å². The molecule has 1 saturated heterocycles. The monoisotopic (exact) mass is 407 g/mol. The Morgan fingerprint density at radius 3 is 3.15 bits per heavy atom. The van der Waals surface area contributed by atoms with Gasteiger partial charge in [0, 0.05) is 44.0 Å². The SMILES string of the molecule is CSCCN=C(NCCc1ccco1)NC1CCN(c2ncccc2Cl)C1. The number of aliphatic imine (C=N–C) groups is 1. The predicted molar refractivity (Wildman–Crippen MR) is 114 cm³/mol. The molecule has 1 unspecified atom stereocenters. The summed E-state index contributed by atoms with van der Waals surface area (Å²) in [5.41, 5.74) is 0. The highest BCUT2D eigenvalue weighted by atomic mass is 35.5. The van der Waals surface area contributed by atoms with Gasteiger partial charge in [0.1, 0.15) is 11.6 Å². The van der Waals surface area contributed by atoms with Gasteiger partial charge in [-0.15, -0.1) is 0 Å². The molecule has 1 atom stereocenters. The molecule has 1 aliphatic heterocycles. The molecule has 0 bridgehead atoms. The van der Waals surface area contributed by atoms with E-state index in [1.165, 1.54) is 0 Å². The van der Waals surface area contributed by atoms with Gasteiger partial charge < -0.3 is 20.0 Å². The van der Waals surface area contributed by atoms with Gasteiger partial charge in [-0.05, 0) is 36.9 Å². The molecule has 3 heterocycles. The molecule has 0 aromatic carbocycles. The van der Waals surface area contributed by atoms with Gasteiger partial charge in [0.15, 0.2) is 5.96 Å². The van der Waals surface area contributed by atoms with E-state index in [0.717, 1.165) is 62.3 Å². The lowest BCUT2D eigenvalue weighted by molar-refractivity contribution is 0.506. The van der Waals surface area contributed by atoms with E-state index in [9.17, 15) is 0 Å². The molecule has 27 heavy (non-hydrogen) atoms. The third-order valence-electron chi connectivity index (χ3n) is 4.38. The number of anilines is 1. The number of furan rings is 1. The van der Waals surface area contributed by atoms with Crippen LogP contribution in [0.15, 0.2) is 46.1 Å². The van der Waals surface area contributed by atoms with Crippen LogP contribution >= 0.6 is 23.4 Å². The Labute approximate surface area is 169 Å². The molecule has 1 aliphatic rings. The first-order chi connectivity index (χ1) is 13.3. The molecule has 2 aromatic heterocycles. The van der Waals surface area contributed by atoms with Crippen molar-refractivity contribution in [1.82, 2.24) is 15.6 Å². The van der Waals surface area contributed by atoms with Crippen molar-refractivity contribution in [2.75, 3.05) is 43.1 Å². The van der Waals surface area contributed by atoms with Gasteiger partial charge >= 0.3 is 0 Å². The Morgan fingerprint density at radius 2 is 2.37 bits per heavy atom. The van der Waals surface area contributed by atoms with Crippen LogP contribution in [0.1, 0.15) is 12.2 Å². The second-order valence-corrected chi connectivity index (χ2v) is 7.76. The summed E-state index contributed by atoms with van der Waals surface area (Å²) >= 11 is 8.09. The van der Waals surface area contributed by atoms with Crippen molar-refractivity contribution in [1.29, 1.82) is 0 Å². The van der Waals surface area contributed by atoms with Crippen LogP contribution in [-0.2, 0) is 6.42 Å². The van der Waals surface area contributed by atoms with Crippen LogP contribution in [-0.4, -0.2) is 55.2 Å². The standard InChI is InChI=1S/C19H26ClN5OS/c1-27-13-10-23-19(22-9-6-16-4-3-12-26-16)24-15-7-11-25(14-15)18-17(20)5-2-8-21-18/h2-5,8,12,15H,6-7,9-11,13-14H2,1H3,(H2,22,23,24). The van der Waals surface area contributed by atoms with E-state index in [1.807, 2.05) is 24.3 Å². The highest BCUT2D eigenvalue weighted by Gasteiger charge is 2.25. The second-order valence-electron chi connectivity index (χ2n) is 6.36. The van der Waals surface area contributed by atoms with Crippen LogP contribution in [0.25, 0.3) is 0 Å². The second kappa shape index (κ2) is 10.5. The summed E-state index contributed by atoms with van der Waals surface area (Å²) in [4.78, 5) is 11.3. The van der Waals surface area contributed by atoms with Crippen LogP contribution in [0.2, 0.25) is 5.02 Å². The fraction of sp³-hybridized carbons (Fsp3) is 0.474. The van der Waals surface area contributed by atoms with Crippen LogP contribution in [0.5, 0.6) is 0 Å². The highest BCUT2D eigenvalue weighted by molar-refractivity contribution is 7.98. The predicted octanol–water partition coefficient (Wildman–Crippen LogP) is 3.05. The molecule has 0 saturated carbocycles. The number of nitrogens with zero attached hydrogens (tertiary/aromatic N) is 3. The zero-order chi connectivity index (χ0) is 18.9. The molecule has 146 valence electrons. The van der Waals surface area contributed by atoms with E-state index < -0.39 is 0 Å². The molecule has 0 radical (unpaired) electrons. The average molecular weight is 408 g/mol. The van der Waals surface area contributed by atoms with E-state index in [-0.39, 0.29) is 0 Å². The molecule has 2 N–H and O–H groups in total. The van der Waals surface area contributed by atoms with Gasteiger partial charge in [-0.1, -0.05) is 11.6 Å². The molecule has 1 fully saturated rings. The summed E-state index contributed by atoms with van der Waals surface area (Å²) < 4.78 is 5.39. The number of hydrogen-bond acceptors (Lipinski definition) is 5. The maximum atomic E-state index is 6.29. The lowest BCUT2D eigenvalue weighted by Crippen LogP contribution is -2.45. The Kier molecular flexibility index (Phi) is 7.71. The summed E-state index contributed by atoms with van der Waals surface area (Å²) in [6, 6.07) is 7.96. The van der Waals surface area contributed by atoms with Crippen molar-refractivity contribution in [3.8, 4) is 0 Å². The largest absolute Gasteiger partial charge is 0.469 e. The van der Waals surface area contributed by atoms with Crippen molar-refractivity contribution in [3.63, 3.8) is 0 Å². The minimum Gasteiger partial charge on any atom is -0.469 e. The number of pyridine rings is 1. The fourth-order valence-electron chi connectivity index (χ4n) is 3.03. The molecule has 0 spiro atoms. The number of halogens is 1. The van der Waals surface area contributed by atoms with Crippen molar-refractivity contribution >= 4 is 35.1 Å². The van der Waals surface area contributed by atoms with Gasteiger partial charge in [0.05, 0.1) is 17.8 Å². The first-order valence-electron chi connectivity index (χ1n) is 9.18. The van der Waals surface area contributed by atoms with Crippen molar-refractivity contribution < 1.29 is 4.42 Å². The normalized spacial score (nSPS) is 17.3. The Hall–Kier alpha value is -1.86. The summed E-state index contributed by atoms with van der Waals surface area (Å²) in [7, 11) is 0. The summed E-state index contributed by atoms with van der Waals surface area (Å²) in [5.74, 6) is 3.69. The summed E-state index contributed by atoms with van der Waals surface area (Å²) in [5, 5.41) is 7.68. The molecule has 3 rings (SSSR count). The number of guanidine groups is 1. The van der Waals surface area contributed by atoms with Crippen LogP contribution < -0.4 is 15.5 Å². The first-order valence-corrected chi connectivity index (χ1v) is 10.9. The topological polar surface area (TPSA) is 65.7 Å². The maximum absolute atomic E-state index is 6.29.